The molecule has 0 saturated heterocycles. The van der Waals surface area contributed by atoms with Crippen LogP contribution in [-0.4, -0.2) is 23.3 Å². The molecule has 1 saturated carbocycles. The molecule has 0 amide bonds. The number of aliphatic carboxylic acids is 1. The zero-order valence-electron chi connectivity index (χ0n) is 12.2. The molecule has 1 fully saturated rings. The van der Waals surface area contributed by atoms with Gasteiger partial charge in [-0.15, -0.1) is 0 Å². The van der Waals surface area contributed by atoms with Crippen LogP contribution in [0.4, 0.5) is 0 Å². The van der Waals surface area contributed by atoms with Crippen LogP contribution in [0.5, 0.6) is 5.75 Å². The maximum Gasteiger partial charge on any atom is 0.307 e. The van der Waals surface area contributed by atoms with Gasteiger partial charge in [0.2, 0.25) is 0 Å². The molecule has 20 heavy (non-hydrogen) atoms. The van der Waals surface area contributed by atoms with Crippen molar-refractivity contribution >= 4 is 5.97 Å². The van der Waals surface area contributed by atoms with Gasteiger partial charge in [-0.1, -0.05) is 26.0 Å². The van der Waals surface area contributed by atoms with E-state index in [1.54, 1.807) is 7.11 Å². The second-order valence-corrected chi connectivity index (χ2v) is 5.99. The zero-order valence-corrected chi connectivity index (χ0v) is 12.2. The first-order valence-electron chi connectivity index (χ1n) is 6.97. The van der Waals surface area contributed by atoms with Crippen molar-refractivity contribution < 1.29 is 19.7 Å². The molecule has 1 aliphatic carbocycles. The van der Waals surface area contributed by atoms with E-state index < -0.39 is 11.6 Å². The highest BCUT2D eigenvalue weighted by molar-refractivity contribution is 5.71. The fraction of sp³-hybridized carbons (Fsp3) is 0.562. The molecule has 110 valence electrons. The van der Waals surface area contributed by atoms with E-state index >= 15 is 0 Å². The minimum Gasteiger partial charge on any atom is -0.497 e. The zero-order chi connectivity index (χ0) is 14.9. The number of ether oxygens (including phenoxy) is 1. The van der Waals surface area contributed by atoms with Crippen molar-refractivity contribution in [1.82, 2.24) is 0 Å². The Labute approximate surface area is 119 Å². The van der Waals surface area contributed by atoms with E-state index in [0.717, 1.165) is 11.3 Å². The highest BCUT2D eigenvalue weighted by atomic mass is 16.5. The van der Waals surface area contributed by atoms with Crippen LogP contribution in [0, 0.1) is 17.8 Å². The van der Waals surface area contributed by atoms with Crippen LogP contribution in [0.3, 0.4) is 0 Å². The predicted octanol–water partition coefficient (Wildman–Crippen LogP) is 2.65. The molecule has 0 bridgehead atoms. The lowest BCUT2D eigenvalue weighted by Gasteiger charge is -2.42. The molecule has 1 aromatic carbocycles. The van der Waals surface area contributed by atoms with Gasteiger partial charge in [0.15, 0.2) is 0 Å². The van der Waals surface area contributed by atoms with Crippen LogP contribution in [-0.2, 0) is 10.4 Å². The SMILES string of the molecule is COc1ccc(C2(O)C[C@@H](C)C(C(=O)O)[C@@H](C)C2)cc1. The maximum atomic E-state index is 11.3. The van der Waals surface area contributed by atoms with Crippen molar-refractivity contribution in [3.63, 3.8) is 0 Å². The number of rotatable bonds is 3. The highest BCUT2D eigenvalue weighted by Crippen LogP contribution is 2.45. The Morgan fingerprint density at radius 3 is 2.10 bits per heavy atom. The van der Waals surface area contributed by atoms with E-state index in [4.69, 9.17) is 4.74 Å². The number of methoxy groups -OCH3 is 1. The highest BCUT2D eigenvalue weighted by Gasteiger charge is 2.45. The smallest absolute Gasteiger partial charge is 0.307 e. The van der Waals surface area contributed by atoms with Crippen molar-refractivity contribution in [1.29, 1.82) is 0 Å². The molecule has 2 rings (SSSR count). The lowest BCUT2D eigenvalue weighted by molar-refractivity contribution is -0.152. The average molecular weight is 278 g/mol. The van der Waals surface area contributed by atoms with Crippen LogP contribution in [0.25, 0.3) is 0 Å². The van der Waals surface area contributed by atoms with Gasteiger partial charge in [0.05, 0.1) is 18.6 Å². The molecule has 0 spiro atoms. The van der Waals surface area contributed by atoms with Gasteiger partial charge < -0.3 is 14.9 Å². The minimum atomic E-state index is -0.947. The van der Waals surface area contributed by atoms with E-state index in [9.17, 15) is 15.0 Å². The van der Waals surface area contributed by atoms with Crippen molar-refractivity contribution in [2.45, 2.75) is 32.3 Å². The van der Waals surface area contributed by atoms with E-state index in [1.165, 1.54) is 0 Å². The van der Waals surface area contributed by atoms with E-state index in [1.807, 2.05) is 38.1 Å². The summed E-state index contributed by atoms with van der Waals surface area (Å²) in [5, 5.41) is 20.2. The van der Waals surface area contributed by atoms with Crippen molar-refractivity contribution in [3.8, 4) is 5.75 Å². The standard InChI is InChI=1S/C16H22O4/c1-10-8-16(19,9-11(2)14(10)15(17)18)12-4-6-13(20-3)7-5-12/h4-7,10-11,14,19H,8-9H2,1-3H3,(H,17,18)/t10-,11+,14?,16?. The first-order valence-corrected chi connectivity index (χ1v) is 6.97. The summed E-state index contributed by atoms with van der Waals surface area (Å²) in [6, 6.07) is 7.37. The van der Waals surface area contributed by atoms with Crippen LogP contribution >= 0.6 is 0 Å². The van der Waals surface area contributed by atoms with Crippen molar-refractivity contribution in [3.05, 3.63) is 29.8 Å². The topological polar surface area (TPSA) is 66.8 Å². The minimum absolute atomic E-state index is 0.0525. The van der Waals surface area contributed by atoms with Crippen molar-refractivity contribution in [2.75, 3.05) is 7.11 Å². The summed E-state index contributed by atoms with van der Waals surface area (Å²) in [6.45, 7) is 3.81. The van der Waals surface area contributed by atoms with E-state index in [0.29, 0.717) is 12.8 Å². The second kappa shape index (κ2) is 5.44. The normalized spacial score (nSPS) is 33.7. The summed E-state index contributed by atoms with van der Waals surface area (Å²) >= 11 is 0. The monoisotopic (exact) mass is 278 g/mol. The molecule has 0 heterocycles. The summed E-state index contributed by atoms with van der Waals surface area (Å²) in [5.41, 5.74) is -0.113. The van der Waals surface area contributed by atoms with Gasteiger partial charge in [-0.25, -0.2) is 0 Å². The van der Waals surface area contributed by atoms with Gasteiger partial charge >= 0.3 is 5.97 Å². The fourth-order valence-corrected chi connectivity index (χ4v) is 3.59. The first kappa shape index (κ1) is 14.9. The quantitative estimate of drug-likeness (QED) is 0.892. The Balaban J connectivity index is 2.25. The Morgan fingerprint density at radius 1 is 1.20 bits per heavy atom. The number of carboxylic acid groups (broad SMARTS) is 1. The average Bonchev–Trinajstić information content (AvgIpc) is 2.37. The molecule has 4 heteroatoms. The summed E-state index contributed by atoms with van der Waals surface area (Å²) in [7, 11) is 1.60. The number of carboxylic acids is 1. The number of benzene rings is 1. The third kappa shape index (κ3) is 2.66. The summed E-state index contributed by atoms with van der Waals surface area (Å²) in [6.07, 6.45) is 0.946. The Hall–Kier alpha value is -1.55. The van der Waals surface area contributed by atoms with Gasteiger partial charge in [-0.05, 0) is 42.4 Å². The van der Waals surface area contributed by atoms with Crippen LogP contribution in [0.1, 0.15) is 32.3 Å². The van der Waals surface area contributed by atoms with Gasteiger partial charge in [0.1, 0.15) is 5.75 Å². The summed E-state index contributed by atoms with van der Waals surface area (Å²) in [5.74, 6) is -0.500. The Bertz CT molecular complexity index is 468. The molecular formula is C16H22O4. The summed E-state index contributed by atoms with van der Waals surface area (Å²) < 4.78 is 5.12. The first-order chi connectivity index (χ1) is 9.37. The van der Waals surface area contributed by atoms with Gasteiger partial charge in [-0.2, -0.15) is 0 Å². The fourth-order valence-electron chi connectivity index (χ4n) is 3.59. The second-order valence-electron chi connectivity index (χ2n) is 5.99. The van der Waals surface area contributed by atoms with Crippen LogP contribution in [0.2, 0.25) is 0 Å². The molecule has 0 radical (unpaired) electrons. The van der Waals surface area contributed by atoms with Gasteiger partial charge in [0.25, 0.3) is 0 Å². The Kier molecular flexibility index (Phi) is 4.04. The molecule has 0 aliphatic heterocycles. The molecule has 1 aliphatic rings. The molecule has 4 nitrogen and oxygen atoms in total. The van der Waals surface area contributed by atoms with Crippen LogP contribution < -0.4 is 4.74 Å². The largest absolute Gasteiger partial charge is 0.497 e. The van der Waals surface area contributed by atoms with E-state index in [2.05, 4.69) is 0 Å². The Morgan fingerprint density at radius 2 is 1.70 bits per heavy atom. The molecule has 2 unspecified atom stereocenters. The van der Waals surface area contributed by atoms with Crippen molar-refractivity contribution in [2.24, 2.45) is 17.8 Å². The third-order valence-corrected chi connectivity index (χ3v) is 4.46. The molecule has 1 aromatic rings. The third-order valence-electron chi connectivity index (χ3n) is 4.46. The lowest BCUT2D eigenvalue weighted by Crippen LogP contribution is -2.43. The maximum absolute atomic E-state index is 11.3. The predicted molar refractivity (Wildman–Crippen MR) is 75.6 cm³/mol. The number of hydrogen-bond acceptors (Lipinski definition) is 3. The molecule has 4 atom stereocenters. The number of aliphatic hydroxyl groups is 1. The lowest BCUT2D eigenvalue weighted by atomic mass is 9.65. The van der Waals surface area contributed by atoms with E-state index in [-0.39, 0.29) is 17.8 Å². The summed E-state index contributed by atoms with van der Waals surface area (Å²) in [4.78, 5) is 11.3. The number of carbonyl (C=O) groups is 1. The molecular weight excluding hydrogens is 256 g/mol. The van der Waals surface area contributed by atoms with Gasteiger partial charge in [0, 0.05) is 0 Å². The van der Waals surface area contributed by atoms with Crippen LogP contribution in [0.15, 0.2) is 24.3 Å². The van der Waals surface area contributed by atoms with Gasteiger partial charge in [-0.3, -0.25) is 4.79 Å². The molecule has 2 N–H and O–H groups in total. The molecule has 0 aromatic heterocycles. The number of hydrogen-bond donors (Lipinski definition) is 2.